The Kier molecular flexibility index (Phi) is 3.02. The number of carbonyl (C=O) groups excluding carboxylic acids is 1. The van der Waals surface area contributed by atoms with Crippen molar-refractivity contribution in [2.75, 3.05) is 0 Å². The van der Waals surface area contributed by atoms with Crippen LogP contribution >= 0.6 is 22.9 Å². The molecule has 2 heterocycles. The normalized spacial score (nSPS) is 14.5. The van der Waals surface area contributed by atoms with Gasteiger partial charge in [-0.3, -0.25) is 9.78 Å². The number of allylic oxidation sites excluding steroid dienone is 1. The van der Waals surface area contributed by atoms with Crippen LogP contribution in [0, 0.1) is 0 Å². The molecule has 0 fully saturated rings. The average Bonchev–Trinajstić information content (AvgIpc) is 2.93. The van der Waals surface area contributed by atoms with E-state index in [4.69, 9.17) is 11.6 Å². The van der Waals surface area contributed by atoms with Gasteiger partial charge in [0.25, 0.3) is 0 Å². The number of hydrogen-bond acceptors (Lipinski definition) is 3. The highest BCUT2D eigenvalue weighted by Crippen LogP contribution is 2.34. The summed E-state index contributed by atoms with van der Waals surface area (Å²) in [5.74, 6) is 0. The summed E-state index contributed by atoms with van der Waals surface area (Å²) < 4.78 is 0. The van der Waals surface area contributed by atoms with Gasteiger partial charge in [-0.2, -0.15) is 0 Å². The third kappa shape index (κ3) is 1.89. The van der Waals surface area contributed by atoms with Gasteiger partial charge in [0.15, 0.2) is 0 Å². The van der Waals surface area contributed by atoms with Crippen LogP contribution in [0.5, 0.6) is 0 Å². The lowest BCUT2D eigenvalue weighted by atomic mass is 9.96. The largest absolute Gasteiger partial charge is 0.298 e. The van der Waals surface area contributed by atoms with Crippen molar-refractivity contribution in [1.29, 1.82) is 0 Å². The molecule has 2 nitrogen and oxygen atoms in total. The minimum atomic E-state index is 0.552. The maximum atomic E-state index is 10.9. The van der Waals surface area contributed by atoms with E-state index in [0.29, 0.717) is 17.0 Å². The van der Waals surface area contributed by atoms with E-state index in [1.165, 1.54) is 0 Å². The van der Waals surface area contributed by atoms with Crippen LogP contribution in [0.2, 0.25) is 0 Å². The van der Waals surface area contributed by atoms with Gasteiger partial charge in [0.1, 0.15) is 6.29 Å². The Morgan fingerprint density at radius 2 is 2.17 bits per heavy atom. The van der Waals surface area contributed by atoms with Crippen LogP contribution in [-0.2, 0) is 11.2 Å². The van der Waals surface area contributed by atoms with Crippen LogP contribution in [0.3, 0.4) is 0 Å². The van der Waals surface area contributed by atoms with Crippen LogP contribution in [0.4, 0.5) is 0 Å². The maximum Gasteiger partial charge on any atom is 0.147 e. The van der Waals surface area contributed by atoms with Gasteiger partial charge < -0.3 is 0 Å². The van der Waals surface area contributed by atoms with Crippen LogP contribution in [-0.4, -0.2) is 11.3 Å². The van der Waals surface area contributed by atoms with E-state index in [2.05, 4.69) is 11.1 Å². The van der Waals surface area contributed by atoms with E-state index in [1.807, 2.05) is 23.6 Å². The van der Waals surface area contributed by atoms with Gasteiger partial charge in [0, 0.05) is 11.1 Å². The molecule has 3 rings (SSSR count). The molecule has 18 heavy (non-hydrogen) atoms. The number of pyridine rings is 1. The van der Waals surface area contributed by atoms with Gasteiger partial charge in [0.2, 0.25) is 0 Å². The molecule has 0 radical (unpaired) electrons. The van der Waals surface area contributed by atoms with Crippen LogP contribution < -0.4 is 0 Å². The number of aryl methyl sites for hydroxylation is 1. The molecular weight excluding hydrogens is 266 g/mol. The van der Waals surface area contributed by atoms with E-state index in [-0.39, 0.29) is 0 Å². The molecule has 4 heteroatoms. The first-order chi connectivity index (χ1) is 8.79. The Labute approximate surface area is 114 Å². The summed E-state index contributed by atoms with van der Waals surface area (Å²) in [7, 11) is 0. The summed E-state index contributed by atoms with van der Waals surface area (Å²) in [6.45, 7) is 0. The predicted octanol–water partition coefficient (Wildman–Crippen LogP) is 3.91. The molecule has 0 bridgehead atoms. The fourth-order valence-corrected chi connectivity index (χ4v) is 3.11. The highest BCUT2D eigenvalue weighted by atomic mass is 35.5. The van der Waals surface area contributed by atoms with Crippen molar-refractivity contribution in [3.05, 3.63) is 46.5 Å². The molecule has 0 aliphatic heterocycles. The molecule has 0 amide bonds. The first kappa shape index (κ1) is 11.6. The number of aldehydes is 1. The number of thiophene rings is 1. The first-order valence-corrected chi connectivity index (χ1v) is 6.93. The zero-order chi connectivity index (χ0) is 12.5. The van der Waals surface area contributed by atoms with Gasteiger partial charge in [0.05, 0.1) is 21.3 Å². The monoisotopic (exact) mass is 275 g/mol. The summed E-state index contributed by atoms with van der Waals surface area (Å²) in [4.78, 5) is 16.7. The van der Waals surface area contributed by atoms with Gasteiger partial charge >= 0.3 is 0 Å². The average molecular weight is 276 g/mol. The van der Waals surface area contributed by atoms with Gasteiger partial charge in [-0.25, -0.2) is 0 Å². The molecular formula is C14H10ClNOS. The molecule has 2 aromatic rings. The Morgan fingerprint density at radius 1 is 1.28 bits per heavy atom. The second kappa shape index (κ2) is 4.67. The lowest BCUT2D eigenvalue weighted by Gasteiger charge is -2.16. The summed E-state index contributed by atoms with van der Waals surface area (Å²) in [6, 6.07) is 7.98. The molecule has 1 aliphatic rings. The van der Waals surface area contributed by atoms with Crippen molar-refractivity contribution in [3.8, 4) is 10.6 Å². The van der Waals surface area contributed by atoms with E-state index in [0.717, 1.165) is 34.5 Å². The van der Waals surface area contributed by atoms with Crippen LogP contribution in [0.25, 0.3) is 15.6 Å². The van der Waals surface area contributed by atoms with Crippen LogP contribution in [0.15, 0.2) is 35.2 Å². The van der Waals surface area contributed by atoms with Gasteiger partial charge in [-0.05, 0) is 36.4 Å². The predicted molar refractivity (Wildman–Crippen MR) is 74.7 cm³/mol. The second-order valence-corrected chi connectivity index (χ2v) is 5.45. The van der Waals surface area contributed by atoms with E-state index in [9.17, 15) is 4.79 Å². The molecule has 90 valence electrons. The maximum absolute atomic E-state index is 10.9. The summed E-state index contributed by atoms with van der Waals surface area (Å²) >= 11 is 7.87. The third-order valence-electron chi connectivity index (χ3n) is 3.04. The second-order valence-electron chi connectivity index (χ2n) is 4.13. The molecule has 0 N–H and O–H groups in total. The minimum absolute atomic E-state index is 0.552. The lowest BCUT2D eigenvalue weighted by molar-refractivity contribution is -0.105. The van der Waals surface area contributed by atoms with Crippen molar-refractivity contribution in [1.82, 2.24) is 4.98 Å². The van der Waals surface area contributed by atoms with Crippen molar-refractivity contribution >= 4 is 34.3 Å². The smallest absolute Gasteiger partial charge is 0.147 e. The highest BCUT2D eigenvalue weighted by molar-refractivity contribution is 7.13. The Hall–Kier alpha value is -1.45. The summed E-state index contributed by atoms with van der Waals surface area (Å²) in [5.41, 5.74) is 3.53. The van der Waals surface area contributed by atoms with E-state index < -0.39 is 0 Å². The topological polar surface area (TPSA) is 30.0 Å². The van der Waals surface area contributed by atoms with Crippen molar-refractivity contribution < 1.29 is 4.79 Å². The molecule has 2 aromatic heterocycles. The SMILES string of the molecule is O=CC1=C(Cl)c2ccc(-c3cccs3)nc2CC1. The van der Waals surface area contributed by atoms with Crippen molar-refractivity contribution in [2.24, 2.45) is 0 Å². The number of hydrogen-bond donors (Lipinski definition) is 0. The van der Waals surface area contributed by atoms with E-state index >= 15 is 0 Å². The highest BCUT2D eigenvalue weighted by Gasteiger charge is 2.19. The number of nitrogens with zero attached hydrogens (tertiary/aromatic N) is 1. The zero-order valence-corrected chi connectivity index (χ0v) is 11.1. The molecule has 1 aliphatic carbocycles. The lowest BCUT2D eigenvalue weighted by Crippen LogP contribution is -2.06. The molecule has 0 unspecified atom stereocenters. The van der Waals surface area contributed by atoms with Crippen molar-refractivity contribution in [3.63, 3.8) is 0 Å². The molecule has 0 spiro atoms. The first-order valence-electron chi connectivity index (χ1n) is 5.67. The molecule has 0 saturated heterocycles. The summed E-state index contributed by atoms with van der Waals surface area (Å²) in [6.07, 6.45) is 2.30. The molecule has 0 atom stereocenters. The molecule has 0 aromatic carbocycles. The number of halogens is 1. The number of rotatable bonds is 2. The number of aromatic nitrogens is 1. The quantitative estimate of drug-likeness (QED) is 0.778. The number of fused-ring (bicyclic) bond motifs is 1. The van der Waals surface area contributed by atoms with E-state index in [1.54, 1.807) is 11.3 Å². The molecule has 0 saturated carbocycles. The fraction of sp³-hybridized carbons (Fsp3) is 0.143. The van der Waals surface area contributed by atoms with Gasteiger partial charge in [-0.15, -0.1) is 11.3 Å². The Balaban J connectivity index is 2.09. The van der Waals surface area contributed by atoms with Crippen molar-refractivity contribution in [2.45, 2.75) is 12.8 Å². The van der Waals surface area contributed by atoms with Crippen LogP contribution in [0.1, 0.15) is 17.7 Å². The van der Waals surface area contributed by atoms with Gasteiger partial charge in [-0.1, -0.05) is 17.7 Å². The minimum Gasteiger partial charge on any atom is -0.298 e. The Morgan fingerprint density at radius 3 is 2.89 bits per heavy atom. The Bertz CT molecular complexity index is 631. The zero-order valence-electron chi connectivity index (χ0n) is 9.52. The number of carbonyl (C=O) groups is 1. The third-order valence-corrected chi connectivity index (χ3v) is 4.38. The standard InChI is InChI=1S/C14H10ClNOS/c15-14-9(8-17)3-5-11-10(14)4-6-12(16-11)13-2-1-7-18-13/h1-2,4,6-8H,3,5H2. The fourth-order valence-electron chi connectivity index (χ4n) is 2.10. The summed E-state index contributed by atoms with van der Waals surface area (Å²) in [5, 5.41) is 2.59.